The smallest absolute Gasteiger partial charge is 0.255 e. The van der Waals surface area contributed by atoms with E-state index in [4.69, 9.17) is 0 Å². The molecule has 2 N–H and O–H groups in total. The highest BCUT2D eigenvalue weighted by Crippen LogP contribution is 2.24. The van der Waals surface area contributed by atoms with Gasteiger partial charge in [-0.05, 0) is 36.8 Å². The molecule has 21 heavy (non-hydrogen) atoms. The van der Waals surface area contributed by atoms with E-state index >= 15 is 0 Å². The van der Waals surface area contributed by atoms with Crippen molar-refractivity contribution < 1.29 is 9.90 Å². The third kappa shape index (κ3) is 3.54. The maximum atomic E-state index is 12.2. The molecule has 0 fully saturated rings. The number of para-hydroxylation sites is 1. The van der Waals surface area contributed by atoms with Crippen molar-refractivity contribution in [3.8, 4) is 5.75 Å². The van der Waals surface area contributed by atoms with Crippen molar-refractivity contribution in [2.75, 3.05) is 19.4 Å². The molecule has 2 aromatic carbocycles. The monoisotopic (exact) mass is 284 g/mol. The van der Waals surface area contributed by atoms with Crippen LogP contribution < -0.4 is 5.32 Å². The summed E-state index contributed by atoms with van der Waals surface area (Å²) in [6, 6.07) is 14.5. The molecular weight excluding hydrogens is 264 g/mol. The number of nitrogens with zero attached hydrogens (tertiary/aromatic N) is 1. The van der Waals surface area contributed by atoms with Crippen molar-refractivity contribution in [2.24, 2.45) is 0 Å². The molecule has 1 amide bonds. The normalized spacial score (nSPS) is 11.8. The molecular formula is C17H20N2O2. The molecule has 4 nitrogen and oxygen atoms in total. The van der Waals surface area contributed by atoms with Crippen molar-refractivity contribution in [3.63, 3.8) is 0 Å². The molecule has 0 saturated heterocycles. The third-order valence-corrected chi connectivity index (χ3v) is 3.31. The topological polar surface area (TPSA) is 52.6 Å². The molecule has 2 rings (SSSR count). The average Bonchev–Trinajstić information content (AvgIpc) is 2.47. The molecule has 0 bridgehead atoms. The molecule has 0 heterocycles. The quantitative estimate of drug-likeness (QED) is 0.906. The minimum absolute atomic E-state index is 0.0202. The highest BCUT2D eigenvalue weighted by atomic mass is 16.3. The first-order chi connectivity index (χ1) is 9.99. The van der Waals surface area contributed by atoms with E-state index in [0.717, 1.165) is 11.3 Å². The number of anilines is 1. The van der Waals surface area contributed by atoms with Crippen LogP contribution in [0.15, 0.2) is 48.5 Å². The van der Waals surface area contributed by atoms with Gasteiger partial charge in [0, 0.05) is 25.8 Å². The molecule has 0 saturated carbocycles. The summed E-state index contributed by atoms with van der Waals surface area (Å²) in [6.45, 7) is 1.99. The fourth-order valence-electron chi connectivity index (χ4n) is 2.15. The Hall–Kier alpha value is -2.49. The van der Waals surface area contributed by atoms with Crippen molar-refractivity contribution in [3.05, 3.63) is 59.7 Å². The van der Waals surface area contributed by atoms with Crippen molar-refractivity contribution in [1.29, 1.82) is 0 Å². The van der Waals surface area contributed by atoms with Gasteiger partial charge in [-0.25, -0.2) is 0 Å². The molecule has 0 radical (unpaired) electrons. The van der Waals surface area contributed by atoms with Crippen LogP contribution in [0.5, 0.6) is 5.75 Å². The second-order valence-electron chi connectivity index (χ2n) is 5.21. The van der Waals surface area contributed by atoms with Gasteiger partial charge in [-0.1, -0.05) is 24.3 Å². The van der Waals surface area contributed by atoms with Gasteiger partial charge in [0.2, 0.25) is 0 Å². The van der Waals surface area contributed by atoms with Crippen LogP contribution in [-0.4, -0.2) is 30.0 Å². The lowest BCUT2D eigenvalue weighted by atomic mass is 10.1. The molecule has 0 aliphatic heterocycles. The van der Waals surface area contributed by atoms with Crippen molar-refractivity contribution in [1.82, 2.24) is 4.90 Å². The Morgan fingerprint density at radius 3 is 2.52 bits per heavy atom. The number of hydrogen-bond donors (Lipinski definition) is 2. The Bertz CT molecular complexity index is 638. The van der Waals surface area contributed by atoms with E-state index in [1.807, 2.05) is 31.2 Å². The number of carbonyl (C=O) groups excluding carboxylic acids is 1. The van der Waals surface area contributed by atoms with E-state index in [2.05, 4.69) is 5.32 Å². The van der Waals surface area contributed by atoms with E-state index in [1.54, 1.807) is 43.3 Å². The molecule has 0 aromatic heterocycles. The van der Waals surface area contributed by atoms with E-state index < -0.39 is 0 Å². The van der Waals surface area contributed by atoms with E-state index in [9.17, 15) is 9.90 Å². The number of benzene rings is 2. The molecule has 0 spiro atoms. The average molecular weight is 284 g/mol. The van der Waals surface area contributed by atoms with Gasteiger partial charge in [0.1, 0.15) is 5.75 Å². The predicted molar refractivity (Wildman–Crippen MR) is 84.6 cm³/mol. The van der Waals surface area contributed by atoms with Crippen LogP contribution >= 0.6 is 0 Å². The van der Waals surface area contributed by atoms with Crippen LogP contribution in [0.1, 0.15) is 28.9 Å². The maximum absolute atomic E-state index is 12.2. The van der Waals surface area contributed by atoms with Crippen LogP contribution in [0.3, 0.4) is 0 Å². The van der Waals surface area contributed by atoms with Gasteiger partial charge in [0.25, 0.3) is 5.91 Å². The number of amides is 1. The third-order valence-electron chi connectivity index (χ3n) is 3.31. The summed E-state index contributed by atoms with van der Waals surface area (Å²) in [7, 11) is 3.47. The SMILES string of the molecule is CC(Nc1ccccc1C(=O)N(C)C)c1cccc(O)c1. The minimum atomic E-state index is -0.0405. The lowest BCUT2D eigenvalue weighted by Crippen LogP contribution is -2.23. The van der Waals surface area contributed by atoms with Crippen LogP contribution in [0.4, 0.5) is 5.69 Å². The fourth-order valence-corrected chi connectivity index (χ4v) is 2.15. The Labute approximate surface area is 125 Å². The summed E-state index contributed by atoms with van der Waals surface area (Å²) in [6.07, 6.45) is 0. The Morgan fingerprint density at radius 1 is 1.14 bits per heavy atom. The number of nitrogens with one attached hydrogen (secondary N) is 1. The van der Waals surface area contributed by atoms with Crippen molar-refractivity contribution in [2.45, 2.75) is 13.0 Å². The first-order valence-electron chi connectivity index (χ1n) is 6.85. The molecule has 1 unspecified atom stereocenters. The number of phenolic OH excluding ortho intramolecular Hbond substituents is 1. The standard InChI is InChI=1S/C17H20N2O2/c1-12(13-7-6-8-14(20)11-13)18-16-10-5-4-9-15(16)17(21)19(2)3/h4-12,18,20H,1-3H3. The largest absolute Gasteiger partial charge is 0.508 e. The van der Waals surface area contributed by atoms with E-state index in [0.29, 0.717) is 5.56 Å². The number of carbonyl (C=O) groups is 1. The predicted octanol–water partition coefficient (Wildman–Crippen LogP) is 3.27. The van der Waals surface area contributed by atoms with Crippen LogP contribution in [-0.2, 0) is 0 Å². The number of aromatic hydroxyl groups is 1. The van der Waals surface area contributed by atoms with Gasteiger partial charge in [0.15, 0.2) is 0 Å². The van der Waals surface area contributed by atoms with Crippen molar-refractivity contribution >= 4 is 11.6 Å². The molecule has 1 atom stereocenters. The maximum Gasteiger partial charge on any atom is 0.255 e. The second kappa shape index (κ2) is 6.31. The van der Waals surface area contributed by atoms with Gasteiger partial charge in [0.05, 0.1) is 5.56 Å². The van der Waals surface area contributed by atoms with Gasteiger partial charge in [-0.3, -0.25) is 4.79 Å². The molecule has 0 aliphatic carbocycles. The van der Waals surface area contributed by atoms with Crippen LogP contribution in [0.25, 0.3) is 0 Å². The number of phenols is 1. The Balaban J connectivity index is 2.25. The minimum Gasteiger partial charge on any atom is -0.508 e. The number of hydrogen-bond acceptors (Lipinski definition) is 3. The van der Waals surface area contributed by atoms with Gasteiger partial charge in [-0.15, -0.1) is 0 Å². The van der Waals surface area contributed by atoms with Crippen LogP contribution in [0.2, 0.25) is 0 Å². The van der Waals surface area contributed by atoms with E-state index in [1.165, 1.54) is 0 Å². The molecule has 2 aromatic rings. The number of rotatable bonds is 4. The molecule has 110 valence electrons. The molecule has 0 aliphatic rings. The zero-order valence-corrected chi connectivity index (χ0v) is 12.5. The zero-order valence-electron chi connectivity index (χ0n) is 12.5. The summed E-state index contributed by atoms with van der Waals surface area (Å²) >= 11 is 0. The van der Waals surface area contributed by atoms with Gasteiger partial charge >= 0.3 is 0 Å². The Kier molecular flexibility index (Phi) is 4.48. The summed E-state index contributed by atoms with van der Waals surface area (Å²) in [5.41, 5.74) is 2.38. The van der Waals surface area contributed by atoms with Gasteiger partial charge in [-0.2, -0.15) is 0 Å². The Morgan fingerprint density at radius 2 is 1.86 bits per heavy atom. The lowest BCUT2D eigenvalue weighted by molar-refractivity contribution is 0.0828. The second-order valence-corrected chi connectivity index (χ2v) is 5.21. The highest BCUT2D eigenvalue weighted by molar-refractivity contribution is 5.99. The lowest BCUT2D eigenvalue weighted by Gasteiger charge is -2.20. The molecule has 4 heteroatoms. The van der Waals surface area contributed by atoms with Gasteiger partial charge < -0.3 is 15.3 Å². The summed E-state index contributed by atoms with van der Waals surface area (Å²) in [5.74, 6) is 0.194. The van der Waals surface area contributed by atoms with E-state index in [-0.39, 0.29) is 17.7 Å². The summed E-state index contributed by atoms with van der Waals surface area (Å²) in [4.78, 5) is 13.7. The summed E-state index contributed by atoms with van der Waals surface area (Å²) < 4.78 is 0. The fraction of sp³-hybridized carbons (Fsp3) is 0.235. The first kappa shape index (κ1) is 14.9. The first-order valence-corrected chi connectivity index (χ1v) is 6.85. The summed E-state index contributed by atoms with van der Waals surface area (Å²) in [5, 5.41) is 12.9. The highest BCUT2D eigenvalue weighted by Gasteiger charge is 2.14. The zero-order chi connectivity index (χ0) is 15.4. The van der Waals surface area contributed by atoms with Crippen LogP contribution in [0, 0.1) is 0 Å².